The molecule has 0 aromatic carbocycles. The summed E-state index contributed by atoms with van der Waals surface area (Å²) in [6.45, 7) is 1.95. The van der Waals surface area contributed by atoms with Crippen LogP contribution in [0.4, 0.5) is 5.82 Å². The van der Waals surface area contributed by atoms with Crippen LogP contribution in [0.25, 0.3) is 0 Å². The van der Waals surface area contributed by atoms with Crippen LogP contribution in [-0.2, 0) is 0 Å². The van der Waals surface area contributed by atoms with Gasteiger partial charge in [0.15, 0.2) is 11.5 Å². The Labute approximate surface area is 94.9 Å². The molecule has 1 fully saturated rings. The molecule has 5 heteroatoms. The monoisotopic (exact) mass is 217 g/mol. The summed E-state index contributed by atoms with van der Waals surface area (Å²) in [5.74, 6) is 0.586. The van der Waals surface area contributed by atoms with E-state index >= 15 is 0 Å². The molecule has 0 saturated carbocycles. The van der Waals surface area contributed by atoms with Gasteiger partial charge in [0, 0.05) is 25.0 Å². The van der Waals surface area contributed by atoms with E-state index in [1.54, 1.807) is 6.20 Å². The average Bonchev–Trinajstić information content (AvgIpc) is 2.83. The summed E-state index contributed by atoms with van der Waals surface area (Å²) < 4.78 is 0. The van der Waals surface area contributed by atoms with Crippen molar-refractivity contribution in [1.29, 1.82) is 5.26 Å². The normalized spacial score (nSPS) is 19.3. The van der Waals surface area contributed by atoms with Gasteiger partial charge in [-0.1, -0.05) is 0 Å². The van der Waals surface area contributed by atoms with E-state index in [1.807, 2.05) is 6.07 Å². The maximum atomic E-state index is 8.82. The molecule has 1 aliphatic rings. The predicted octanol–water partition coefficient (Wildman–Crippen LogP) is 0.902. The highest BCUT2D eigenvalue weighted by molar-refractivity contribution is 5.46. The third-order valence-corrected chi connectivity index (χ3v) is 2.75. The minimum Gasteiger partial charge on any atom is -0.368 e. The molecule has 2 heterocycles. The van der Waals surface area contributed by atoms with E-state index in [-0.39, 0.29) is 0 Å². The quantitative estimate of drug-likeness (QED) is 0.784. The number of rotatable bonds is 4. The number of nitriles is 1. The minimum absolute atomic E-state index is 0.363. The summed E-state index contributed by atoms with van der Waals surface area (Å²) in [6.07, 6.45) is 6.69. The van der Waals surface area contributed by atoms with Gasteiger partial charge in [-0.2, -0.15) is 5.26 Å². The van der Waals surface area contributed by atoms with Gasteiger partial charge in [-0.3, -0.25) is 0 Å². The molecule has 0 radical (unpaired) electrons. The fourth-order valence-corrected chi connectivity index (χ4v) is 1.92. The van der Waals surface area contributed by atoms with Crippen molar-refractivity contribution in [2.75, 3.05) is 18.4 Å². The van der Waals surface area contributed by atoms with E-state index in [0.29, 0.717) is 17.6 Å². The molecule has 0 unspecified atom stereocenters. The van der Waals surface area contributed by atoms with Crippen LogP contribution in [0.1, 0.15) is 25.0 Å². The Morgan fingerprint density at radius 3 is 3.12 bits per heavy atom. The van der Waals surface area contributed by atoms with Crippen molar-refractivity contribution in [2.24, 2.45) is 0 Å². The molecule has 0 amide bonds. The molecule has 1 saturated heterocycles. The molecule has 0 aliphatic carbocycles. The lowest BCUT2D eigenvalue weighted by molar-refractivity contribution is 0.574. The van der Waals surface area contributed by atoms with E-state index in [1.165, 1.54) is 19.0 Å². The number of aromatic nitrogens is 2. The van der Waals surface area contributed by atoms with Crippen LogP contribution in [-0.4, -0.2) is 29.1 Å². The first-order valence-corrected chi connectivity index (χ1v) is 5.58. The predicted molar refractivity (Wildman–Crippen MR) is 60.9 cm³/mol. The second-order valence-corrected chi connectivity index (χ2v) is 3.87. The Morgan fingerprint density at radius 1 is 1.50 bits per heavy atom. The summed E-state index contributed by atoms with van der Waals surface area (Å²) in [5, 5.41) is 15.4. The van der Waals surface area contributed by atoms with Gasteiger partial charge >= 0.3 is 0 Å². The number of nitrogens with one attached hydrogen (secondary N) is 2. The fourth-order valence-electron chi connectivity index (χ4n) is 1.92. The number of nitrogens with zero attached hydrogens (tertiary/aromatic N) is 3. The Balaban J connectivity index is 1.82. The standard InChI is InChI=1S/C11H15N5/c12-8-10-11(16-7-6-14-10)15-5-3-9-2-1-4-13-9/h6-7,9,13H,1-5H2,(H,15,16)/t9-/m0/s1. The number of anilines is 1. The van der Waals surface area contributed by atoms with E-state index < -0.39 is 0 Å². The molecular weight excluding hydrogens is 202 g/mol. The molecule has 1 atom stereocenters. The van der Waals surface area contributed by atoms with Crippen molar-refractivity contribution < 1.29 is 0 Å². The van der Waals surface area contributed by atoms with Gasteiger partial charge in [0.25, 0.3) is 0 Å². The Kier molecular flexibility index (Phi) is 3.67. The first kappa shape index (κ1) is 10.8. The third-order valence-electron chi connectivity index (χ3n) is 2.75. The molecule has 84 valence electrons. The van der Waals surface area contributed by atoms with Crippen molar-refractivity contribution in [2.45, 2.75) is 25.3 Å². The lowest BCUT2D eigenvalue weighted by atomic mass is 10.1. The van der Waals surface area contributed by atoms with Crippen LogP contribution in [0.15, 0.2) is 12.4 Å². The topological polar surface area (TPSA) is 73.6 Å². The van der Waals surface area contributed by atoms with Crippen LogP contribution < -0.4 is 10.6 Å². The van der Waals surface area contributed by atoms with E-state index in [0.717, 1.165) is 19.5 Å². The maximum Gasteiger partial charge on any atom is 0.182 e. The molecular formula is C11H15N5. The zero-order chi connectivity index (χ0) is 11.2. The van der Waals surface area contributed by atoms with E-state index in [9.17, 15) is 0 Å². The molecule has 0 spiro atoms. The zero-order valence-electron chi connectivity index (χ0n) is 9.11. The van der Waals surface area contributed by atoms with Gasteiger partial charge < -0.3 is 10.6 Å². The van der Waals surface area contributed by atoms with Crippen LogP contribution in [0.2, 0.25) is 0 Å². The van der Waals surface area contributed by atoms with Crippen molar-refractivity contribution in [3.05, 3.63) is 18.1 Å². The molecule has 1 aromatic heterocycles. The van der Waals surface area contributed by atoms with Crippen LogP contribution in [0, 0.1) is 11.3 Å². The largest absolute Gasteiger partial charge is 0.368 e. The number of hydrogen-bond donors (Lipinski definition) is 2. The van der Waals surface area contributed by atoms with Crippen molar-refractivity contribution >= 4 is 5.82 Å². The second kappa shape index (κ2) is 5.42. The summed E-state index contributed by atoms with van der Waals surface area (Å²) >= 11 is 0. The smallest absolute Gasteiger partial charge is 0.182 e. The van der Waals surface area contributed by atoms with Crippen LogP contribution in [0.5, 0.6) is 0 Å². The summed E-state index contributed by atoms with van der Waals surface area (Å²) in [7, 11) is 0. The molecule has 1 aromatic rings. The second-order valence-electron chi connectivity index (χ2n) is 3.87. The number of hydrogen-bond acceptors (Lipinski definition) is 5. The molecule has 5 nitrogen and oxygen atoms in total. The van der Waals surface area contributed by atoms with Gasteiger partial charge in [-0.15, -0.1) is 0 Å². The minimum atomic E-state index is 0.363. The van der Waals surface area contributed by atoms with Crippen LogP contribution >= 0.6 is 0 Å². The van der Waals surface area contributed by atoms with Crippen molar-refractivity contribution in [1.82, 2.24) is 15.3 Å². The highest BCUT2D eigenvalue weighted by Crippen LogP contribution is 2.10. The molecule has 16 heavy (non-hydrogen) atoms. The first-order chi connectivity index (χ1) is 7.90. The SMILES string of the molecule is N#Cc1nccnc1NCC[C@@H]1CCCN1. The fraction of sp³-hybridized carbons (Fsp3) is 0.545. The third kappa shape index (κ3) is 2.67. The lowest BCUT2D eigenvalue weighted by Crippen LogP contribution is -2.24. The molecule has 0 bridgehead atoms. The maximum absolute atomic E-state index is 8.82. The van der Waals surface area contributed by atoms with E-state index in [4.69, 9.17) is 5.26 Å². The Morgan fingerprint density at radius 2 is 2.38 bits per heavy atom. The molecule has 2 rings (SSSR count). The van der Waals surface area contributed by atoms with Gasteiger partial charge in [0.1, 0.15) is 6.07 Å². The first-order valence-electron chi connectivity index (χ1n) is 5.58. The highest BCUT2D eigenvalue weighted by Gasteiger charge is 2.13. The molecule has 1 aliphatic heterocycles. The molecule has 2 N–H and O–H groups in total. The highest BCUT2D eigenvalue weighted by atomic mass is 15.0. The van der Waals surface area contributed by atoms with Crippen molar-refractivity contribution in [3.8, 4) is 6.07 Å². The van der Waals surface area contributed by atoms with Gasteiger partial charge in [-0.25, -0.2) is 9.97 Å². The zero-order valence-corrected chi connectivity index (χ0v) is 9.11. The average molecular weight is 217 g/mol. The van der Waals surface area contributed by atoms with Crippen molar-refractivity contribution in [3.63, 3.8) is 0 Å². The Hall–Kier alpha value is -1.67. The van der Waals surface area contributed by atoms with Crippen LogP contribution in [0.3, 0.4) is 0 Å². The van der Waals surface area contributed by atoms with E-state index in [2.05, 4.69) is 20.6 Å². The Bertz CT molecular complexity index is 378. The van der Waals surface area contributed by atoms with Gasteiger partial charge in [-0.05, 0) is 25.8 Å². The lowest BCUT2D eigenvalue weighted by Gasteiger charge is -2.11. The van der Waals surface area contributed by atoms with Gasteiger partial charge in [0.2, 0.25) is 0 Å². The summed E-state index contributed by atoms with van der Waals surface area (Å²) in [5.41, 5.74) is 0.363. The van der Waals surface area contributed by atoms with Gasteiger partial charge in [0.05, 0.1) is 0 Å². The summed E-state index contributed by atoms with van der Waals surface area (Å²) in [4.78, 5) is 8.04. The summed E-state index contributed by atoms with van der Waals surface area (Å²) in [6, 6.07) is 2.63.